The fourth-order valence-electron chi connectivity index (χ4n) is 5.42. The minimum absolute atomic E-state index is 0.114. The van der Waals surface area contributed by atoms with E-state index in [0.29, 0.717) is 17.8 Å². The van der Waals surface area contributed by atoms with E-state index in [9.17, 15) is 0 Å². The maximum atomic E-state index is 3.81. The molecule has 0 radical (unpaired) electrons. The molecule has 0 bridgehead atoms. The molecule has 0 aromatic heterocycles. The maximum absolute atomic E-state index is 3.81. The summed E-state index contributed by atoms with van der Waals surface area (Å²) in [7, 11) is 0. The van der Waals surface area contributed by atoms with Crippen molar-refractivity contribution in [3.63, 3.8) is 0 Å². The maximum Gasteiger partial charge on any atom is 0.346 e. The monoisotopic (exact) mass is 534 g/mol. The minimum atomic E-state index is 0.114. The number of nitrogens with one attached hydrogen (secondary N) is 1. The second-order valence-corrected chi connectivity index (χ2v) is 13.3. The number of rotatable bonds is 6. The highest BCUT2D eigenvalue weighted by atomic mass is 15.3. The second-order valence-electron chi connectivity index (χ2n) is 13.3. The summed E-state index contributed by atoms with van der Waals surface area (Å²) in [4.78, 5) is 0. The van der Waals surface area contributed by atoms with Gasteiger partial charge in [-0.05, 0) is 77.0 Å². The Bertz CT molecular complexity index is 1430. The summed E-state index contributed by atoms with van der Waals surface area (Å²) in [5.41, 5.74) is 11.4. The molecule has 0 amide bonds. The Morgan fingerprint density at radius 3 is 1.93 bits per heavy atom. The van der Waals surface area contributed by atoms with Gasteiger partial charge in [0.2, 0.25) is 0 Å². The highest BCUT2D eigenvalue weighted by Gasteiger charge is 2.31. The zero-order chi connectivity index (χ0) is 29.4. The topological polar surface area (TPSA) is 18.0 Å². The lowest BCUT2D eigenvalue weighted by molar-refractivity contribution is -0.408. The molecule has 210 valence electrons. The predicted molar refractivity (Wildman–Crippen MR) is 172 cm³/mol. The van der Waals surface area contributed by atoms with Gasteiger partial charge in [0.1, 0.15) is 23.3 Å². The average molecular weight is 535 g/mol. The Morgan fingerprint density at radius 2 is 1.43 bits per heavy atom. The summed E-state index contributed by atoms with van der Waals surface area (Å²) < 4.78 is 4.47. The van der Waals surface area contributed by atoms with Gasteiger partial charge in [-0.25, -0.2) is 9.89 Å². The fourth-order valence-corrected chi connectivity index (χ4v) is 5.42. The Hall–Kier alpha value is -3.46. The average Bonchev–Trinajstić information content (AvgIpc) is 3.30. The normalized spacial score (nSPS) is 17.6. The van der Waals surface area contributed by atoms with Crippen molar-refractivity contribution in [2.45, 2.75) is 93.4 Å². The molecule has 2 aromatic rings. The minimum Gasteiger partial charge on any atom is -0.259 e. The van der Waals surface area contributed by atoms with Crippen LogP contribution in [-0.4, -0.2) is 21.2 Å². The number of anilines is 1. The number of hydrogen-bond donors (Lipinski definition) is 1. The zero-order valence-corrected chi connectivity index (χ0v) is 26.5. The molecule has 1 aliphatic carbocycles. The van der Waals surface area contributed by atoms with Crippen LogP contribution in [0.25, 0.3) is 0 Å². The lowest BCUT2D eigenvalue weighted by Crippen LogP contribution is -2.28. The van der Waals surface area contributed by atoms with Crippen LogP contribution in [0.15, 0.2) is 89.4 Å². The third-order valence-electron chi connectivity index (χ3n) is 7.76. The van der Waals surface area contributed by atoms with Crippen molar-refractivity contribution in [3.05, 3.63) is 106 Å². The highest BCUT2D eigenvalue weighted by Crippen LogP contribution is 2.36. The summed E-state index contributed by atoms with van der Waals surface area (Å²) in [6.45, 7) is 24.8. The van der Waals surface area contributed by atoms with Gasteiger partial charge in [-0.15, -0.1) is 0 Å². The number of hydrogen-bond acceptors (Lipinski definition) is 1. The lowest BCUT2D eigenvalue weighted by Gasteiger charge is -2.22. The number of allylic oxidation sites excluding steroid dienone is 6. The van der Waals surface area contributed by atoms with Gasteiger partial charge < -0.3 is 0 Å². The van der Waals surface area contributed by atoms with Gasteiger partial charge in [0, 0.05) is 0 Å². The van der Waals surface area contributed by atoms with Crippen LogP contribution >= 0.6 is 0 Å². The van der Waals surface area contributed by atoms with Crippen molar-refractivity contribution in [2.75, 3.05) is 5.32 Å². The first-order valence-electron chi connectivity index (χ1n) is 14.8. The molecule has 0 unspecified atom stereocenters. The third kappa shape index (κ3) is 5.99. The molecule has 0 saturated carbocycles. The van der Waals surface area contributed by atoms with Crippen molar-refractivity contribution in [1.82, 2.24) is 0 Å². The van der Waals surface area contributed by atoms with E-state index in [2.05, 4.69) is 164 Å². The number of para-hydroxylation sites is 1. The van der Waals surface area contributed by atoms with E-state index in [-0.39, 0.29) is 5.41 Å². The molecule has 1 aliphatic heterocycles. The Labute approximate surface area is 243 Å². The third-order valence-corrected chi connectivity index (χ3v) is 7.76. The van der Waals surface area contributed by atoms with E-state index in [1.807, 2.05) is 0 Å². The number of benzene rings is 2. The van der Waals surface area contributed by atoms with E-state index in [1.54, 1.807) is 0 Å². The van der Waals surface area contributed by atoms with Gasteiger partial charge in [-0.2, -0.15) is 0 Å². The molecular formula is C37H48N3+. The lowest BCUT2D eigenvalue weighted by atomic mass is 9.87. The van der Waals surface area contributed by atoms with Crippen molar-refractivity contribution < 1.29 is 9.15 Å². The largest absolute Gasteiger partial charge is 0.346 e. The molecule has 1 heterocycles. The van der Waals surface area contributed by atoms with Gasteiger partial charge in [0.25, 0.3) is 5.82 Å². The summed E-state index contributed by atoms with van der Waals surface area (Å²) in [5.74, 6) is 2.15. The van der Waals surface area contributed by atoms with Crippen LogP contribution in [0.5, 0.6) is 0 Å². The molecule has 3 heteroatoms. The first-order valence-corrected chi connectivity index (χ1v) is 14.8. The molecule has 4 rings (SSSR count). The van der Waals surface area contributed by atoms with E-state index >= 15 is 0 Å². The quantitative estimate of drug-likeness (QED) is 0.288. The summed E-state index contributed by atoms with van der Waals surface area (Å²) in [6, 6.07) is 15.6. The predicted octanol–water partition coefficient (Wildman–Crippen LogP) is 9.65. The van der Waals surface area contributed by atoms with Crippen LogP contribution < -0.4 is 5.32 Å². The van der Waals surface area contributed by atoms with Crippen molar-refractivity contribution >= 4 is 23.4 Å². The summed E-state index contributed by atoms with van der Waals surface area (Å²) in [5, 5.41) is 3.77. The molecule has 1 N–H and O–H groups in total. The van der Waals surface area contributed by atoms with Crippen LogP contribution in [0, 0.1) is 5.92 Å². The van der Waals surface area contributed by atoms with Crippen molar-refractivity contribution in [2.24, 2.45) is 5.92 Å². The molecular weight excluding hydrogens is 486 g/mol. The van der Waals surface area contributed by atoms with E-state index in [1.165, 1.54) is 44.8 Å². The van der Waals surface area contributed by atoms with Crippen LogP contribution in [-0.2, 0) is 5.41 Å². The molecule has 2 aromatic carbocycles. The molecule has 0 fully saturated rings. The first-order chi connectivity index (χ1) is 18.8. The highest BCUT2D eigenvalue weighted by molar-refractivity contribution is 6.14. The SMILES string of the molecule is CC(C)=C1C=CC=C(C(C)C)/C1=[N+]1/[C-]=[N+](c2c(C(C)C)cccc2C(C)C)C=C1Nc1ccc(C(C)(C)C)cc1. The molecule has 3 nitrogen and oxygen atoms in total. The standard InChI is InChI=1S/C37H48N3/c1-24(2)30-14-12-15-31(25(3)4)35(30)39-22-34(38-29-20-18-28(19-21-29)37(9,10)11)40(23-39)36-32(26(5)6)16-13-17-33(36)27(7)8/h12-22,24-26,38H,1-11H3/q+1/b40-36+. The van der Waals surface area contributed by atoms with E-state index < -0.39 is 0 Å². The van der Waals surface area contributed by atoms with Gasteiger partial charge >= 0.3 is 6.34 Å². The Balaban J connectivity index is 1.98. The molecule has 0 spiro atoms. The van der Waals surface area contributed by atoms with Crippen LogP contribution in [0.4, 0.5) is 11.4 Å². The van der Waals surface area contributed by atoms with Crippen LogP contribution in [0.2, 0.25) is 0 Å². The summed E-state index contributed by atoms with van der Waals surface area (Å²) in [6.07, 6.45) is 12.7. The fraction of sp³-hybridized carbons (Fsp3) is 0.405. The van der Waals surface area contributed by atoms with Gasteiger partial charge in [-0.1, -0.05) is 116 Å². The first kappa shape index (κ1) is 29.5. The summed E-state index contributed by atoms with van der Waals surface area (Å²) >= 11 is 0. The molecule has 2 aliphatic rings. The number of nitrogens with zero attached hydrogens (tertiary/aromatic N) is 2. The van der Waals surface area contributed by atoms with Gasteiger partial charge in [0.15, 0.2) is 0 Å². The molecule has 0 saturated heterocycles. The second kappa shape index (κ2) is 11.6. The zero-order valence-electron chi connectivity index (χ0n) is 26.5. The van der Waals surface area contributed by atoms with Gasteiger partial charge in [-0.3, -0.25) is 4.58 Å². The van der Waals surface area contributed by atoms with Crippen molar-refractivity contribution in [1.29, 1.82) is 0 Å². The van der Waals surface area contributed by atoms with Crippen LogP contribution in [0.3, 0.4) is 0 Å². The molecule has 0 atom stereocenters. The molecule has 40 heavy (non-hydrogen) atoms. The Morgan fingerprint density at radius 1 is 0.825 bits per heavy atom. The van der Waals surface area contributed by atoms with Crippen LogP contribution in [0.1, 0.15) is 105 Å². The Kier molecular flexibility index (Phi) is 8.54. The van der Waals surface area contributed by atoms with Gasteiger partial charge in [0.05, 0.1) is 0 Å². The van der Waals surface area contributed by atoms with E-state index in [0.717, 1.165) is 11.5 Å². The smallest absolute Gasteiger partial charge is 0.259 e. The van der Waals surface area contributed by atoms with E-state index in [4.69, 9.17) is 0 Å². The van der Waals surface area contributed by atoms with Crippen molar-refractivity contribution in [3.8, 4) is 0 Å².